The zero-order chi connectivity index (χ0) is 24.4. The molecule has 0 amide bonds. The van der Waals surface area contributed by atoms with E-state index in [4.69, 9.17) is 9.47 Å². The van der Waals surface area contributed by atoms with E-state index in [9.17, 15) is 24.6 Å². The molecule has 7 atom stereocenters. The van der Waals surface area contributed by atoms with Gasteiger partial charge in [-0.1, -0.05) is 39.0 Å². The maximum Gasteiger partial charge on any atom is 0.305 e. The zero-order valence-electron chi connectivity index (χ0n) is 20.3. The van der Waals surface area contributed by atoms with Gasteiger partial charge >= 0.3 is 11.9 Å². The second-order valence-electron chi connectivity index (χ2n) is 10.0. The first-order valence-electron chi connectivity index (χ1n) is 11.4. The highest BCUT2D eigenvalue weighted by Gasteiger charge is 2.56. The molecule has 0 bridgehead atoms. The molecule has 180 valence electrons. The van der Waals surface area contributed by atoms with Crippen molar-refractivity contribution in [3.8, 4) is 0 Å². The van der Waals surface area contributed by atoms with Crippen LogP contribution in [0.3, 0.4) is 0 Å². The summed E-state index contributed by atoms with van der Waals surface area (Å²) in [5.74, 6) is -2.39. The van der Waals surface area contributed by atoms with E-state index in [0.29, 0.717) is 5.57 Å². The van der Waals surface area contributed by atoms with Crippen LogP contribution in [0.4, 0.5) is 0 Å². The van der Waals surface area contributed by atoms with Crippen molar-refractivity contribution in [3.63, 3.8) is 0 Å². The summed E-state index contributed by atoms with van der Waals surface area (Å²) in [4.78, 5) is 36.9. The van der Waals surface area contributed by atoms with Gasteiger partial charge in [-0.15, -0.1) is 0 Å². The maximum absolute atomic E-state index is 13.0. The number of fused-ring (bicyclic) bond motifs is 1. The minimum absolute atomic E-state index is 0.0176. The Balaban J connectivity index is 2.63. The lowest BCUT2D eigenvalue weighted by Gasteiger charge is -2.38. The first-order valence-corrected chi connectivity index (χ1v) is 11.4. The van der Waals surface area contributed by atoms with E-state index in [2.05, 4.69) is 0 Å². The van der Waals surface area contributed by atoms with Crippen molar-refractivity contribution in [3.05, 3.63) is 23.8 Å². The molecule has 2 rings (SSSR count). The summed E-state index contributed by atoms with van der Waals surface area (Å²) in [6.45, 7) is 11.9. The summed E-state index contributed by atoms with van der Waals surface area (Å²) in [6, 6.07) is 0. The first-order chi connectivity index (χ1) is 14.7. The summed E-state index contributed by atoms with van der Waals surface area (Å²) in [5.41, 5.74) is -1.82. The van der Waals surface area contributed by atoms with Crippen molar-refractivity contribution in [1.29, 1.82) is 0 Å². The Bertz CT molecular complexity index is 796. The van der Waals surface area contributed by atoms with Crippen LogP contribution in [0.25, 0.3) is 0 Å². The lowest BCUT2D eigenvalue weighted by Crippen LogP contribution is -2.50. The molecule has 32 heavy (non-hydrogen) atoms. The fraction of sp³-hybridized carbons (Fsp3) is 0.720. The minimum Gasteiger partial charge on any atom is -0.461 e. The van der Waals surface area contributed by atoms with E-state index >= 15 is 0 Å². The molecule has 7 nitrogen and oxygen atoms in total. The Hall–Kier alpha value is -1.99. The average molecular weight is 451 g/mol. The van der Waals surface area contributed by atoms with Crippen LogP contribution < -0.4 is 0 Å². The summed E-state index contributed by atoms with van der Waals surface area (Å²) < 4.78 is 11.1. The number of rotatable bonds is 3. The second-order valence-corrected chi connectivity index (χ2v) is 10.0. The molecule has 0 saturated heterocycles. The number of hydrogen-bond donors (Lipinski definition) is 2. The summed E-state index contributed by atoms with van der Waals surface area (Å²) in [6.07, 6.45) is 2.99. The fourth-order valence-electron chi connectivity index (χ4n) is 4.75. The normalized spacial score (nSPS) is 37.5. The van der Waals surface area contributed by atoms with Crippen LogP contribution in [0.15, 0.2) is 23.8 Å². The van der Waals surface area contributed by atoms with E-state index in [1.165, 1.54) is 6.92 Å². The molecular weight excluding hydrogens is 412 g/mol. The van der Waals surface area contributed by atoms with E-state index < -0.39 is 47.1 Å². The van der Waals surface area contributed by atoms with Gasteiger partial charge in [-0.2, -0.15) is 0 Å². The quantitative estimate of drug-likeness (QED) is 0.502. The van der Waals surface area contributed by atoms with Gasteiger partial charge in [0.15, 0.2) is 0 Å². The van der Waals surface area contributed by atoms with Crippen LogP contribution >= 0.6 is 0 Å². The van der Waals surface area contributed by atoms with Gasteiger partial charge in [-0.25, -0.2) is 0 Å². The number of allylic oxidation sites excluding steroid dienone is 1. The van der Waals surface area contributed by atoms with Crippen molar-refractivity contribution in [2.45, 2.75) is 91.6 Å². The number of carbonyl (C=O) groups excluding carboxylic acids is 3. The monoisotopic (exact) mass is 450 g/mol. The Morgan fingerprint density at radius 3 is 2.41 bits per heavy atom. The standard InChI is InChI=1S/C25H38O7/c1-8-21(28)32-22-16(4)13-25(30)18(22)11-15(3)19(31-17(5)26)12-20(27)24(6,7)10-9-14(2)23(25)29/h9-11,14,16,18-19,22-23,29-30H,8,12-13H2,1-7H3. The first kappa shape index (κ1) is 26.3. The van der Waals surface area contributed by atoms with Crippen molar-refractivity contribution in [2.75, 3.05) is 0 Å². The predicted molar refractivity (Wildman–Crippen MR) is 119 cm³/mol. The molecule has 1 saturated carbocycles. The molecule has 0 aliphatic heterocycles. The van der Waals surface area contributed by atoms with E-state index in [0.717, 1.165) is 0 Å². The van der Waals surface area contributed by atoms with E-state index in [1.807, 2.05) is 6.92 Å². The highest BCUT2D eigenvalue weighted by Crippen LogP contribution is 2.47. The van der Waals surface area contributed by atoms with E-state index in [-0.39, 0.29) is 36.9 Å². The van der Waals surface area contributed by atoms with E-state index in [1.54, 1.807) is 52.8 Å². The highest BCUT2D eigenvalue weighted by atomic mass is 16.5. The summed E-state index contributed by atoms with van der Waals surface area (Å²) in [5, 5.41) is 22.9. The Morgan fingerprint density at radius 1 is 1.22 bits per heavy atom. The number of Topliss-reactive ketones (excluding diaryl/α,β-unsaturated/α-hetero) is 1. The van der Waals surface area contributed by atoms with Crippen LogP contribution in [0.1, 0.15) is 67.7 Å². The molecule has 1 fully saturated rings. The number of ketones is 1. The number of aliphatic hydroxyl groups excluding tert-OH is 1. The lowest BCUT2D eigenvalue weighted by molar-refractivity contribution is -0.156. The van der Waals surface area contributed by atoms with Crippen LogP contribution in [-0.2, 0) is 23.9 Å². The number of esters is 2. The topological polar surface area (TPSA) is 110 Å². The third kappa shape index (κ3) is 5.49. The Labute approximate surface area is 190 Å². The molecule has 7 unspecified atom stereocenters. The molecule has 0 heterocycles. The fourth-order valence-corrected chi connectivity index (χ4v) is 4.75. The molecule has 0 spiro atoms. The third-order valence-corrected chi connectivity index (χ3v) is 6.87. The van der Waals surface area contributed by atoms with Crippen molar-refractivity contribution >= 4 is 17.7 Å². The van der Waals surface area contributed by atoms with Crippen molar-refractivity contribution in [1.82, 2.24) is 0 Å². The van der Waals surface area contributed by atoms with Gasteiger partial charge in [0.1, 0.15) is 23.6 Å². The van der Waals surface area contributed by atoms with Crippen LogP contribution in [0.2, 0.25) is 0 Å². The summed E-state index contributed by atoms with van der Waals surface area (Å²) in [7, 11) is 0. The van der Waals surface area contributed by atoms with Gasteiger partial charge in [0.2, 0.25) is 0 Å². The molecule has 0 aromatic rings. The summed E-state index contributed by atoms with van der Waals surface area (Å²) >= 11 is 0. The smallest absolute Gasteiger partial charge is 0.305 e. The third-order valence-electron chi connectivity index (χ3n) is 6.87. The molecule has 2 aliphatic rings. The molecule has 0 radical (unpaired) electrons. The largest absolute Gasteiger partial charge is 0.461 e. The Morgan fingerprint density at radius 2 is 1.84 bits per heavy atom. The molecule has 0 aromatic heterocycles. The molecule has 7 heteroatoms. The molecule has 2 N–H and O–H groups in total. The second kappa shape index (κ2) is 9.87. The lowest BCUT2D eigenvalue weighted by atomic mass is 9.76. The number of aliphatic hydroxyl groups is 2. The number of carbonyl (C=O) groups is 3. The molecule has 0 aromatic carbocycles. The van der Waals surface area contributed by atoms with Gasteiger partial charge in [0.25, 0.3) is 0 Å². The van der Waals surface area contributed by atoms with Gasteiger partial charge in [0, 0.05) is 37.0 Å². The highest BCUT2D eigenvalue weighted by molar-refractivity contribution is 5.87. The minimum atomic E-state index is -1.56. The number of ether oxygens (including phenoxy) is 2. The van der Waals surface area contributed by atoms with Gasteiger partial charge in [-0.3, -0.25) is 14.4 Å². The molecule has 2 aliphatic carbocycles. The number of hydrogen-bond acceptors (Lipinski definition) is 7. The van der Waals surface area contributed by atoms with Crippen molar-refractivity contribution < 1.29 is 34.1 Å². The van der Waals surface area contributed by atoms with Crippen LogP contribution in [0, 0.1) is 23.2 Å². The van der Waals surface area contributed by atoms with Gasteiger partial charge < -0.3 is 19.7 Å². The van der Waals surface area contributed by atoms with Gasteiger partial charge in [-0.05, 0) is 38.7 Å². The van der Waals surface area contributed by atoms with Crippen LogP contribution in [-0.4, -0.2) is 51.8 Å². The van der Waals surface area contributed by atoms with Crippen molar-refractivity contribution in [2.24, 2.45) is 23.2 Å². The molecular formula is C25H38O7. The Kier molecular flexibility index (Phi) is 8.10. The zero-order valence-corrected chi connectivity index (χ0v) is 20.3. The van der Waals surface area contributed by atoms with Gasteiger partial charge in [0.05, 0.1) is 6.10 Å². The SMILES string of the molecule is CCC(=O)OC1C(C)CC2(O)C(O)C(C)C=CC(C)(C)C(=O)CC(OC(C)=O)C(C)=CC12. The maximum atomic E-state index is 13.0. The predicted octanol–water partition coefficient (Wildman–Crippen LogP) is 3.13. The average Bonchev–Trinajstić information content (AvgIpc) is 2.94. The van der Waals surface area contributed by atoms with Crippen LogP contribution in [0.5, 0.6) is 0 Å².